The van der Waals surface area contributed by atoms with Gasteiger partial charge in [-0.15, -0.1) is 0 Å². The van der Waals surface area contributed by atoms with Crippen molar-refractivity contribution in [2.75, 3.05) is 24.5 Å². The van der Waals surface area contributed by atoms with Crippen LogP contribution in [0.2, 0.25) is 0 Å². The number of likely N-dealkylation sites (tertiary alicyclic amines) is 1. The molecule has 5 heteroatoms. The fourth-order valence-corrected chi connectivity index (χ4v) is 3.76. The van der Waals surface area contributed by atoms with Gasteiger partial charge < -0.3 is 9.80 Å². The molecule has 0 bridgehead atoms. The Bertz CT molecular complexity index is 753. The molecule has 130 valence electrons. The van der Waals surface area contributed by atoms with Gasteiger partial charge in [0.05, 0.1) is 0 Å². The van der Waals surface area contributed by atoms with Crippen LogP contribution in [-0.4, -0.2) is 40.4 Å². The minimum Gasteiger partial charge on any atom is -0.352 e. The monoisotopic (exact) mass is 336 g/mol. The molecule has 0 spiro atoms. The predicted molar refractivity (Wildman–Crippen MR) is 97.6 cm³/mol. The van der Waals surface area contributed by atoms with E-state index in [1.807, 2.05) is 11.0 Å². The summed E-state index contributed by atoms with van der Waals surface area (Å²) in [6.45, 7) is 3.44. The van der Waals surface area contributed by atoms with Crippen molar-refractivity contribution >= 4 is 11.7 Å². The number of rotatable bonds is 2. The highest BCUT2D eigenvalue weighted by Gasteiger charge is 2.21. The van der Waals surface area contributed by atoms with Crippen molar-refractivity contribution in [2.45, 2.75) is 38.6 Å². The maximum Gasteiger partial charge on any atom is 0.272 e. The molecule has 25 heavy (non-hydrogen) atoms. The lowest BCUT2D eigenvalue weighted by molar-refractivity contribution is 0.0755. The lowest BCUT2D eigenvalue weighted by atomic mass is 10.00. The molecule has 1 aromatic heterocycles. The molecule has 1 saturated heterocycles. The number of carbonyl (C=O) groups is 1. The third-order valence-corrected chi connectivity index (χ3v) is 5.22. The zero-order valence-corrected chi connectivity index (χ0v) is 14.5. The van der Waals surface area contributed by atoms with E-state index in [1.165, 1.54) is 30.3 Å². The molecule has 3 heterocycles. The predicted octanol–water partition coefficient (Wildman–Crippen LogP) is 3.06. The second-order valence-electron chi connectivity index (χ2n) is 6.91. The molecular weight excluding hydrogens is 312 g/mol. The summed E-state index contributed by atoms with van der Waals surface area (Å²) in [6.07, 6.45) is 7.15. The second-order valence-corrected chi connectivity index (χ2v) is 6.91. The fourth-order valence-electron chi connectivity index (χ4n) is 3.76. The van der Waals surface area contributed by atoms with Gasteiger partial charge in [0.2, 0.25) is 0 Å². The SMILES string of the molecule is O=C(c1cc(N2CCc3ccccc3C2)ncn1)N1CCCCCC1. The topological polar surface area (TPSA) is 49.3 Å². The van der Waals surface area contributed by atoms with Crippen LogP contribution >= 0.6 is 0 Å². The van der Waals surface area contributed by atoms with Crippen LogP contribution < -0.4 is 4.90 Å². The van der Waals surface area contributed by atoms with Crippen LogP contribution in [-0.2, 0) is 13.0 Å². The van der Waals surface area contributed by atoms with E-state index in [2.05, 4.69) is 39.1 Å². The molecule has 2 aromatic rings. The molecule has 1 fully saturated rings. The summed E-state index contributed by atoms with van der Waals surface area (Å²) >= 11 is 0. The van der Waals surface area contributed by atoms with Crippen molar-refractivity contribution < 1.29 is 4.79 Å². The lowest BCUT2D eigenvalue weighted by Gasteiger charge is -2.30. The fraction of sp³-hybridized carbons (Fsp3) is 0.450. The van der Waals surface area contributed by atoms with Gasteiger partial charge in [-0.1, -0.05) is 37.1 Å². The smallest absolute Gasteiger partial charge is 0.272 e. The molecule has 0 atom stereocenters. The summed E-state index contributed by atoms with van der Waals surface area (Å²) in [5, 5.41) is 0. The first-order valence-corrected chi connectivity index (χ1v) is 9.24. The Balaban J connectivity index is 1.52. The highest BCUT2D eigenvalue weighted by Crippen LogP contribution is 2.23. The van der Waals surface area contributed by atoms with Crippen LogP contribution in [0.4, 0.5) is 5.82 Å². The first-order valence-electron chi connectivity index (χ1n) is 9.24. The minimum absolute atomic E-state index is 0.0444. The van der Waals surface area contributed by atoms with Crippen molar-refractivity contribution in [3.05, 3.63) is 53.5 Å². The van der Waals surface area contributed by atoms with Gasteiger partial charge in [-0.05, 0) is 30.4 Å². The molecule has 5 nitrogen and oxygen atoms in total. The Labute approximate surface area is 148 Å². The summed E-state index contributed by atoms with van der Waals surface area (Å²) in [5.41, 5.74) is 3.27. The summed E-state index contributed by atoms with van der Waals surface area (Å²) < 4.78 is 0. The van der Waals surface area contributed by atoms with Gasteiger partial charge in [0.1, 0.15) is 17.8 Å². The molecule has 0 saturated carbocycles. The van der Waals surface area contributed by atoms with Crippen LogP contribution in [0, 0.1) is 0 Å². The van der Waals surface area contributed by atoms with E-state index < -0.39 is 0 Å². The quantitative estimate of drug-likeness (QED) is 0.846. The van der Waals surface area contributed by atoms with E-state index in [0.717, 1.165) is 51.3 Å². The van der Waals surface area contributed by atoms with Gasteiger partial charge in [-0.3, -0.25) is 4.79 Å². The van der Waals surface area contributed by atoms with Gasteiger partial charge in [0, 0.05) is 32.2 Å². The largest absolute Gasteiger partial charge is 0.352 e. The van der Waals surface area contributed by atoms with E-state index in [1.54, 1.807) is 0 Å². The Kier molecular flexibility index (Phi) is 4.63. The van der Waals surface area contributed by atoms with Gasteiger partial charge in [-0.25, -0.2) is 9.97 Å². The normalized spacial score (nSPS) is 17.8. The zero-order valence-electron chi connectivity index (χ0n) is 14.5. The highest BCUT2D eigenvalue weighted by atomic mass is 16.2. The average molecular weight is 336 g/mol. The second kappa shape index (κ2) is 7.21. The Morgan fingerprint density at radius 1 is 0.920 bits per heavy atom. The number of aromatic nitrogens is 2. The van der Waals surface area contributed by atoms with Crippen molar-refractivity contribution in [1.82, 2.24) is 14.9 Å². The molecule has 4 rings (SSSR count). The zero-order chi connectivity index (χ0) is 17.1. The lowest BCUT2D eigenvalue weighted by Crippen LogP contribution is -2.34. The third-order valence-electron chi connectivity index (χ3n) is 5.22. The van der Waals surface area contributed by atoms with Crippen LogP contribution in [0.1, 0.15) is 47.3 Å². The number of fused-ring (bicyclic) bond motifs is 1. The van der Waals surface area contributed by atoms with Crippen molar-refractivity contribution in [2.24, 2.45) is 0 Å². The molecule has 0 aliphatic carbocycles. The van der Waals surface area contributed by atoms with Gasteiger partial charge in [-0.2, -0.15) is 0 Å². The standard InChI is InChI=1S/C20H24N4O/c25-20(23-10-5-1-2-6-11-23)18-13-19(22-15-21-18)24-12-9-16-7-3-4-8-17(16)14-24/h3-4,7-8,13,15H,1-2,5-6,9-12,14H2. The molecule has 0 unspecified atom stereocenters. The van der Waals surface area contributed by atoms with Crippen LogP contribution in [0.25, 0.3) is 0 Å². The number of hydrogen-bond donors (Lipinski definition) is 0. The van der Waals surface area contributed by atoms with E-state index in [4.69, 9.17) is 0 Å². The molecular formula is C20H24N4O. The number of hydrogen-bond acceptors (Lipinski definition) is 4. The number of amides is 1. The molecule has 2 aliphatic heterocycles. The molecule has 0 radical (unpaired) electrons. The Morgan fingerprint density at radius 2 is 1.68 bits per heavy atom. The maximum absolute atomic E-state index is 12.8. The number of nitrogens with zero attached hydrogens (tertiary/aromatic N) is 4. The molecule has 2 aliphatic rings. The van der Waals surface area contributed by atoms with Gasteiger partial charge in [0.25, 0.3) is 5.91 Å². The van der Waals surface area contributed by atoms with Gasteiger partial charge in [0.15, 0.2) is 0 Å². The molecule has 1 amide bonds. The number of benzene rings is 1. The Hall–Kier alpha value is -2.43. The van der Waals surface area contributed by atoms with Crippen LogP contribution in [0.3, 0.4) is 0 Å². The summed E-state index contributed by atoms with van der Waals surface area (Å²) in [7, 11) is 0. The first-order chi connectivity index (χ1) is 12.3. The first kappa shape index (κ1) is 16.1. The molecule has 0 N–H and O–H groups in total. The van der Waals surface area contributed by atoms with E-state index >= 15 is 0 Å². The van der Waals surface area contributed by atoms with Crippen LogP contribution in [0.5, 0.6) is 0 Å². The minimum atomic E-state index is 0.0444. The Morgan fingerprint density at radius 3 is 2.48 bits per heavy atom. The van der Waals surface area contributed by atoms with Crippen molar-refractivity contribution in [1.29, 1.82) is 0 Å². The summed E-state index contributed by atoms with van der Waals surface area (Å²) in [4.78, 5) is 25.7. The summed E-state index contributed by atoms with van der Waals surface area (Å²) in [6, 6.07) is 10.4. The van der Waals surface area contributed by atoms with E-state index in [9.17, 15) is 4.79 Å². The number of carbonyl (C=O) groups excluding carboxylic acids is 1. The third kappa shape index (κ3) is 3.50. The van der Waals surface area contributed by atoms with Gasteiger partial charge >= 0.3 is 0 Å². The summed E-state index contributed by atoms with van der Waals surface area (Å²) in [5.74, 6) is 0.894. The molecule has 1 aromatic carbocycles. The van der Waals surface area contributed by atoms with Crippen LogP contribution in [0.15, 0.2) is 36.7 Å². The highest BCUT2D eigenvalue weighted by molar-refractivity contribution is 5.93. The maximum atomic E-state index is 12.8. The van der Waals surface area contributed by atoms with E-state index in [-0.39, 0.29) is 5.91 Å². The average Bonchev–Trinajstić information content (AvgIpc) is 2.96. The van der Waals surface area contributed by atoms with Crippen molar-refractivity contribution in [3.63, 3.8) is 0 Å². The van der Waals surface area contributed by atoms with E-state index in [0.29, 0.717) is 5.69 Å². The van der Waals surface area contributed by atoms with Crippen molar-refractivity contribution in [3.8, 4) is 0 Å². The number of anilines is 1.